The van der Waals surface area contributed by atoms with Gasteiger partial charge in [-0.05, 0) is 49.8 Å². The maximum Gasteiger partial charge on any atom is 0.339 e. The Morgan fingerprint density at radius 2 is 2.04 bits per heavy atom. The summed E-state index contributed by atoms with van der Waals surface area (Å²) in [6.07, 6.45) is 3.33. The number of aryl methyl sites for hydroxylation is 2. The minimum absolute atomic E-state index is 0.182. The van der Waals surface area contributed by atoms with E-state index >= 15 is 0 Å². The van der Waals surface area contributed by atoms with Crippen LogP contribution in [-0.4, -0.2) is 30.5 Å². The third-order valence-corrected chi connectivity index (χ3v) is 5.06. The molecule has 0 radical (unpaired) electrons. The summed E-state index contributed by atoms with van der Waals surface area (Å²) < 4.78 is 4.79. The molecule has 2 N–H and O–H groups in total. The number of esters is 1. The van der Waals surface area contributed by atoms with E-state index in [1.54, 1.807) is 13.8 Å². The van der Waals surface area contributed by atoms with E-state index in [2.05, 4.69) is 34.6 Å². The van der Waals surface area contributed by atoms with Gasteiger partial charge >= 0.3 is 5.97 Å². The zero-order valence-electron chi connectivity index (χ0n) is 14.9. The van der Waals surface area contributed by atoms with Crippen molar-refractivity contribution >= 4 is 11.9 Å². The second kappa shape index (κ2) is 7.13. The number of amides is 1. The minimum Gasteiger partial charge on any atom is -0.465 e. The predicted octanol–water partition coefficient (Wildman–Crippen LogP) is 3.27. The molecular formula is C20H24N2O3. The van der Waals surface area contributed by atoms with Crippen LogP contribution in [0.4, 0.5) is 0 Å². The highest BCUT2D eigenvalue weighted by molar-refractivity contribution is 6.00. The average Bonchev–Trinajstić information content (AvgIpc) is 2.93. The van der Waals surface area contributed by atoms with Crippen LogP contribution in [0.2, 0.25) is 0 Å². The number of ether oxygens (including phenoxy) is 1. The van der Waals surface area contributed by atoms with Crippen molar-refractivity contribution in [2.45, 2.75) is 39.0 Å². The molecule has 3 rings (SSSR count). The standard InChI is InChI=1S/C20H24N2O3/c1-12-17(20(24)25-3)13(2)22-18(12)19(23)21-11-15-9-6-8-14-7-4-5-10-16(14)15/h4-5,7,10,15,22H,6,8-9,11H2,1-3H3,(H,21,23)/t15-/m1/s1. The molecule has 1 atom stereocenters. The van der Waals surface area contributed by atoms with Crippen molar-refractivity contribution in [3.05, 3.63) is 57.9 Å². The van der Waals surface area contributed by atoms with Gasteiger partial charge in [0.25, 0.3) is 5.91 Å². The highest BCUT2D eigenvalue weighted by atomic mass is 16.5. The maximum atomic E-state index is 12.6. The van der Waals surface area contributed by atoms with Crippen LogP contribution in [0.25, 0.3) is 0 Å². The smallest absolute Gasteiger partial charge is 0.339 e. The number of carbonyl (C=O) groups excluding carboxylic acids is 2. The van der Waals surface area contributed by atoms with Gasteiger partial charge in [-0.25, -0.2) is 4.79 Å². The lowest BCUT2D eigenvalue weighted by molar-refractivity contribution is 0.0599. The predicted molar refractivity (Wildman–Crippen MR) is 96.1 cm³/mol. The summed E-state index contributed by atoms with van der Waals surface area (Å²) in [6.45, 7) is 4.13. The van der Waals surface area contributed by atoms with Crippen LogP contribution in [0.3, 0.4) is 0 Å². The number of hydrogen-bond acceptors (Lipinski definition) is 3. The second-order valence-corrected chi connectivity index (χ2v) is 6.61. The molecule has 0 unspecified atom stereocenters. The molecule has 5 nitrogen and oxygen atoms in total. The molecular weight excluding hydrogens is 316 g/mol. The number of methoxy groups -OCH3 is 1. The van der Waals surface area contributed by atoms with E-state index in [0.29, 0.717) is 35.0 Å². The summed E-state index contributed by atoms with van der Waals surface area (Å²) in [5.74, 6) is -0.268. The van der Waals surface area contributed by atoms with Gasteiger partial charge in [-0.15, -0.1) is 0 Å². The summed E-state index contributed by atoms with van der Waals surface area (Å²) >= 11 is 0. The first kappa shape index (κ1) is 17.3. The van der Waals surface area contributed by atoms with Crippen LogP contribution in [0.1, 0.15) is 62.0 Å². The topological polar surface area (TPSA) is 71.2 Å². The normalized spacial score (nSPS) is 16.2. The Hall–Kier alpha value is -2.56. The third kappa shape index (κ3) is 3.31. The van der Waals surface area contributed by atoms with E-state index in [-0.39, 0.29) is 5.91 Å². The average molecular weight is 340 g/mol. The zero-order valence-corrected chi connectivity index (χ0v) is 14.9. The molecule has 0 bridgehead atoms. The Morgan fingerprint density at radius 1 is 1.28 bits per heavy atom. The lowest BCUT2D eigenvalue weighted by atomic mass is 9.83. The molecule has 132 valence electrons. The van der Waals surface area contributed by atoms with Crippen molar-refractivity contribution in [2.24, 2.45) is 0 Å². The van der Waals surface area contributed by atoms with Crippen molar-refractivity contribution in [2.75, 3.05) is 13.7 Å². The van der Waals surface area contributed by atoms with Gasteiger partial charge < -0.3 is 15.0 Å². The highest BCUT2D eigenvalue weighted by Crippen LogP contribution is 2.31. The molecule has 0 saturated carbocycles. The summed E-state index contributed by atoms with van der Waals surface area (Å²) in [4.78, 5) is 27.5. The van der Waals surface area contributed by atoms with Gasteiger partial charge in [0.1, 0.15) is 5.69 Å². The van der Waals surface area contributed by atoms with E-state index in [0.717, 1.165) is 19.3 Å². The highest BCUT2D eigenvalue weighted by Gasteiger charge is 2.24. The first-order valence-corrected chi connectivity index (χ1v) is 8.66. The number of fused-ring (bicyclic) bond motifs is 1. The van der Waals surface area contributed by atoms with Crippen molar-refractivity contribution in [3.8, 4) is 0 Å². The summed E-state index contributed by atoms with van der Waals surface area (Å²) in [5, 5.41) is 3.03. The van der Waals surface area contributed by atoms with E-state index in [1.165, 1.54) is 18.2 Å². The molecule has 0 spiro atoms. The van der Waals surface area contributed by atoms with Gasteiger partial charge in [0, 0.05) is 18.2 Å². The Labute approximate surface area is 147 Å². The molecule has 1 aliphatic carbocycles. The van der Waals surface area contributed by atoms with E-state index in [4.69, 9.17) is 4.74 Å². The van der Waals surface area contributed by atoms with E-state index < -0.39 is 5.97 Å². The molecule has 1 amide bonds. The fourth-order valence-corrected chi connectivity index (χ4v) is 3.76. The quantitative estimate of drug-likeness (QED) is 0.839. The van der Waals surface area contributed by atoms with Crippen LogP contribution in [0.15, 0.2) is 24.3 Å². The Kier molecular flexibility index (Phi) is 4.93. The van der Waals surface area contributed by atoms with Crippen molar-refractivity contribution in [1.29, 1.82) is 0 Å². The van der Waals surface area contributed by atoms with Crippen LogP contribution in [0.5, 0.6) is 0 Å². The number of aromatic nitrogens is 1. The number of carbonyl (C=O) groups is 2. The lowest BCUT2D eigenvalue weighted by Crippen LogP contribution is -2.30. The number of hydrogen-bond donors (Lipinski definition) is 2. The van der Waals surface area contributed by atoms with Gasteiger partial charge in [0.15, 0.2) is 0 Å². The van der Waals surface area contributed by atoms with Crippen LogP contribution >= 0.6 is 0 Å². The van der Waals surface area contributed by atoms with E-state index in [1.807, 2.05) is 0 Å². The molecule has 0 fully saturated rings. The molecule has 0 aliphatic heterocycles. The van der Waals surface area contributed by atoms with E-state index in [9.17, 15) is 9.59 Å². The number of rotatable bonds is 4. The first-order chi connectivity index (χ1) is 12.0. The summed E-state index contributed by atoms with van der Waals surface area (Å²) in [5.41, 5.74) is 4.87. The molecule has 1 heterocycles. The van der Waals surface area contributed by atoms with Crippen molar-refractivity contribution in [3.63, 3.8) is 0 Å². The van der Waals surface area contributed by atoms with Crippen LogP contribution < -0.4 is 5.32 Å². The molecule has 2 aromatic rings. The monoisotopic (exact) mass is 340 g/mol. The number of nitrogens with one attached hydrogen (secondary N) is 2. The van der Waals surface area contributed by atoms with Gasteiger partial charge in [-0.1, -0.05) is 24.3 Å². The maximum absolute atomic E-state index is 12.6. The molecule has 1 aromatic heterocycles. The van der Waals surface area contributed by atoms with Gasteiger partial charge in [0.2, 0.25) is 0 Å². The molecule has 5 heteroatoms. The zero-order chi connectivity index (χ0) is 18.0. The number of aromatic amines is 1. The largest absolute Gasteiger partial charge is 0.465 e. The first-order valence-electron chi connectivity index (χ1n) is 8.66. The second-order valence-electron chi connectivity index (χ2n) is 6.61. The van der Waals surface area contributed by atoms with Gasteiger partial charge in [0.05, 0.1) is 12.7 Å². The minimum atomic E-state index is -0.425. The fourth-order valence-electron chi connectivity index (χ4n) is 3.76. The third-order valence-electron chi connectivity index (χ3n) is 5.06. The van der Waals surface area contributed by atoms with Crippen molar-refractivity contribution in [1.82, 2.24) is 10.3 Å². The SMILES string of the molecule is COC(=O)c1c(C)[nH]c(C(=O)NC[C@H]2CCCc3ccccc32)c1C. The Bertz CT molecular complexity index is 807. The Balaban J connectivity index is 1.73. The molecule has 1 aromatic carbocycles. The van der Waals surface area contributed by atoms with Crippen molar-refractivity contribution < 1.29 is 14.3 Å². The summed E-state index contributed by atoms with van der Waals surface area (Å²) in [6, 6.07) is 8.45. The van der Waals surface area contributed by atoms with Gasteiger partial charge in [-0.3, -0.25) is 4.79 Å². The van der Waals surface area contributed by atoms with Crippen LogP contribution in [-0.2, 0) is 11.2 Å². The molecule has 0 saturated heterocycles. The molecule has 1 aliphatic rings. The summed E-state index contributed by atoms with van der Waals surface area (Å²) in [7, 11) is 1.34. The molecule has 25 heavy (non-hydrogen) atoms. The Morgan fingerprint density at radius 3 is 2.80 bits per heavy atom. The number of benzene rings is 1. The lowest BCUT2D eigenvalue weighted by Gasteiger charge is -2.25. The van der Waals surface area contributed by atoms with Gasteiger partial charge in [-0.2, -0.15) is 0 Å². The van der Waals surface area contributed by atoms with Crippen LogP contribution in [0, 0.1) is 13.8 Å². The fraction of sp³-hybridized carbons (Fsp3) is 0.400. The number of H-pyrrole nitrogens is 1.